The molecule has 1 aromatic carbocycles. The minimum Gasteiger partial charge on any atom is -0.478 e. The van der Waals surface area contributed by atoms with Crippen LogP contribution in [0.3, 0.4) is 0 Å². The minimum absolute atomic E-state index is 0.171. The van der Waals surface area contributed by atoms with Gasteiger partial charge in [-0.15, -0.1) is 11.3 Å². The van der Waals surface area contributed by atoms with E-state index in [0.717, 1.165) is 48.1 Å². The van der Waals surface area contributed by atoms with Crippen molar-refractivity contribution in [3.63, 3.8) is 0 Å². The van der Waals surface area contributed by atoms with Gasteiger partial charge in [-0.25, -0.2) is 4.79 Å². The lowest BCUT2D eigenvalue weighted by atomic mass is 10.1. The third kappa shape index (κ3) is 3.62. The number of hydrogen-bond acceptors (Lipinski definition) is 3. The van der Waals surface area contributed by atoms with E-state index in [2.05, 4.69) is 5.32 Å². The van der Waals surface area contributed by atoms with Gasteiger partial charge in [0.1, 0.15) is 5.00 Å². The Kier molecular flexibility index (Phi) is 4.76. The summed E-state index contributed by atoms with van der Waals surface area (Å²) in [6, 6.07) is 9.46. The molecule has 0 spiro atoms. The number of benzene rings is 1. The van der Waals surface area contributed by atoms with E-state index in [1.165, 1.54) is 11.3 Å². The van der Waals surface area contributed by atoms with Crippen molar-refractivity contribution in [2.75, 3.05) is 5.32 Å². The molecule has 5 heteroatoms. The van der Waals surface area contributed by atoms with Gasteiger partial charge in [-0.3, -0.25) is 4.79 Å². The second-order valence-corrected chi connectivity index (χ2v) is 6.89. The fraction of sp³-hybridized carbons (Fsp3) is 0.333. The van der Waals surface area contributed by atoms with E-state index in [9.17, 15) is 14.7 Å². The fourth-order valence-electron chi connectivity index (χ4n) is 3.01. The molecule has 3 rings (SSSR count). The molecule has 1 aromatic heterocycles. The molecule has 0 fully saturated rings. The molecule has 1 heterocycles. The van der Waals surface area contributed by atoms with E-state index < -0.39 is 5.97 Å². The van der Waals surface area contributed by atoms with Gasteiger partial charge < -0.3 is 10.4 Å². The van der Waals surface area contributed by atoms with Gasteiger partial charge in [0.25, 0.3) is 0 Å². The summed E-state index contributed by atoms with van der Waals surface area (Å²) in [5.41, 5.74) is 2.14. The van der Waals surface area contributed by atoms with Crippen molar-refractivity contribution in [3.8, 4) is 0 Å². The molecule has 0 radical (unpaired) electrons. The number of aromatic carboxylic acids is 1. The summed E-state index contributed by atoms with van der Waals surface area (Å²) >= 11 is 1.43. The molecule has 120 valence electrons. The molecule has 0 atom stereocenters. The number of carboxylic acid groups (broad SMARTS) is 1. The largest absolute Gasteiger partial charge is 0.478 e. The van der Waals surface area contributed by atoms with Crippen LogP contribution in [0.15, 0.2) is 30.3 Å². The second kappa shape index (κ2) is 6.96. The van der Waals surface area contributed by atoms with Crippen molar-refractivity contribution >= 4 is 28.2 Å². The summed E-state index contributed by atoms with van der Waals surface area (Å²) in [6.45, 7) is 0. The Bertz CT molecular complexity index is 721. The van der Waals surface area contributed by atoms with Crippen molar-refractivity contribution < 1.29 is 14.7 Å². The van der Waals surface area contributed by atoms with E-state index >= 15 is 0 Å². The summed E-state index contributed by atoms with van der Waals surface area (Å²) in [7, 11) is 0. The van der Waals surface area contributed by atoms with Crippen molar-refractivity contribution in [2.24, 2.45) is 0 Å². The zero-order chi connectivity index (χ0) is 16.2. The minimum atomic E-state index is -0.945. The van der Waals surface area contributed by atoms with E-state index in [1.54, 1.807) is 0 Å². The normalized spacial score (nSPS) is 13.9. The predicted molar refractivity (Wildman–Crippen MR) is 91.3 cm³/mol. The fourth-order valence-corrected chi connectivity index (χ4v) is 4.31. The Morgan fingerprint density at radius 3 is 2.57 bits per heavy atom. The van der Waals surface area contributed by atoms with Crippen LogP contribution in [0.1, 0.15) is 45.6 Å². The molecule has 2 N–H and O–H groups in total. The number of carbonyl (C=O) groups is 2. The average molecular weight is 329 g/mol. The Balaban J connectivity index is 1.82. The molecular weight excluding hydrogens is 310 g/mol. The van der Waals surface area contributed by atoms with E-state index in [0.29, 0.717) is 10.6 Å². The third-order valence-corrected chi connectivity index (χ3v) is 5.30. The second-order valence-electron chi connectivity index (χ2n) is 5.78. The summed E-state index contributed by atoms with van der Waals surface area (Å²) < 4.78 is 0. The van der Waals surface area contributed by atoms with Gasteiger partial charge in [0.15, 0.2) is 0 Å². The summed E-state index contributed by atoms with van der Waals surface area (Å²) in [4.78, 5) is 25.0. The zero-order valence-corrected chi connectivity index (χ0v) is 13.6. The quantitative estimate of drug-likeness (QED) is 0.836. The van der Waals surface area contributed by atoms with Crippen molar-refractivity contribution in [2.45, 2.75) is 38.5 Å². The Hall–Kier alpha value is -2.14. The van der Waals surface area contributed by atoms with Crippen LogP contribution in [0.25, 0.3) is 0 Å². The van der Waals surface area contributed by atoms with Crippen molar-refractivity contribution in [3.05, 3.63) is 51.9 Å². The van der Waals surface area contributed by atoms with Crippen LogP contribution in [0.4, 0.5) is 5.00 Å². The zero-order valence-electron chi connectivity index (χ0n) is 12.8. The first-order valence-electron chi connectivity index (χ1n) is 7.87. The molecule has 0 saturated heterocycles. The molecule has 1 aliphatic rings. The van der Waals surface area contributed by atoms with Gasteiger partial charge >= 0.3 is 5.97 Å². The molecular formula is C18H19NO3S. The highest BCUT2D eigenvalue weighted by Crippen LogP contribution is 2.37. The number of aryl methyl sites for hydroxylation is 1. The molecule has 0 saturated carbocycles. The molecule has 0 unspecified atom stereocenters. The summed E-state index contributed by atoms with van der Waals surface area (Å²) in [5.74, 6) is -1.12. The average Bonchev–Trinajstić information content (AvgIpc) is 2.70. The topological polar surface area (TPSA) is 66.4 Å². The Morgan fingerprint density at radius 1 is 1.09 bits per heavy atom. The lowest BCUT2D eigenvalue weighted by Gasteiger charge is -2.06. The standard InChI is InChI=1S/C18H19NO3S/c20-15(11-12-7-3-1-4-8-12)19-17-16(18(21)22)13-9-5-2-6-10-14(13)23-17/h1,3-4,7-8H,2,5-6,9-11H2,(H,19,20)(H,21,22). The van der Waals surface area contributed by atoms with Gasteiger partial charge in [-0.1, -0.05) is 36.8 Å². The lowest BCUT2D eigenvalue weighted by molar-refractivity contribution is -0.115. The van der Waals surface area contributed by atoms with Crippen LogP contribution in [0.2, 0.25) is 0 Å². The monoisotopic (exact) mass is 329 g/mol. The number of nitrogens with one attached hydrogen (secondary N) is 1. The molecule has 4 nitrogen and oxygen atoms in total. The molecule has 23 heavy (non-hydrogen) atoms. The van der Waals surface area contributed by atoms with E-state index in [-0.39, 0.29) is 12.3 Å². The first-order chi connectivity index (χ1) is 11.1. The van der Waals surface area contributed by atoms with E-state index in [1.807, 2.05) is 30.3 Å². The lowest BCUT2D eigenvalue weighted by Crippen LogP contribution is -2.15. The number of amides is 1. The van der Waals surface area contributed by atoms with Crippen molar-refractivity contribution in [1.29, 1.82) is 0 Å². The number of carboxylic acids is 1. The number of hydrogen-bond donors (Lipinski definition) is 2. The van der Waals surface area contributed by atoms with Gasteiger partial charge in [0, 0.05) is 4.88 Å². The number of rotatable bonds is 4. The smallest absolute Gasteiger partial charge is 0.339 e. The number of thiophene rings is 1. The predicted octanol–water partition coefficient (Wildman–Crippen LogP) is 3.90. The molecule has 0 bridgehead atoms. The van der Waals surface area contributed by atoms with Crippen molar-refractivity contribution in [1.82, 2.24) is 0 Å². The van der Waals surface area contributed by atoms with E-state index in [4.69, 9.17) is 0 Å². The highest BCUT2D eigenvalue weighted by Gasteiger charge is 2.25. The maximum Gasteiger partial charge on any atom is 0.339 e. The Labute approximate surface area is 139 Å². The number of fused-ring (bicyclic) bond motifs is 1. The molecule has 1 aliphatic carbocycles. The summed E-state index contributed by atoms with van der Waals surface area (Å²) in [6.07, 6.45) is 5.20. The van der Waals surface area contributed by atoms with Gasteiger partial charge in [0.05, 0.1) is 12.0 Å². The Morgan fingerprint density at radius 2 is 1.83 bits per heavy atom. The highest BCUT2D eigenvalue weighted by atomic mass is 32.1. The molecule has 0 aliphatic heterocycles. The van der Waals surface area contributed by atoms with Crippen LogP contribution in [-0.4, -0.2) is 17.0 Å². The molecule has 1 amide bonds. The maximum absolute atomic E-state index is 12.2. The highest BCUT2D eigenvalue weighted by molar-refractivity contribution is 7.17. The van der Waals surface area contributed by atoms with Crippen LogP contribution >= 0.6 is 11.3 Å². The SMILES string of the molecule is O=C(Cc1ccccc1)Nc1sc2c(c1C(=O)O)CCCCC2. The first-order valence-corrected chi connectivity index (χ1v) is 8.68. The first kappa shape index (κ1) is 15.7. The van der Waals surface area contributed by atoms with Gasteiger partial charge in [-0.05, 0) is 36.8 Å². The molecule has 2 aromatic rings. The summed E-state index contributed by atoms with van der Waals surface area (Å²) in [5, 5.41) is 12.9. The van der Waals surface area contributed by atoms with Gasteiger partial charge in [-0.2, -0.15) is 0 Å². The van der Waals surface area contributed by atoms with Crippen LogP contribution in [0, 0.1) is 0 Å². The van der Waals surface area contributed by atoms with Crippen LogP contribution in [0.5, 0.6) is 0 Å². The number of carbonyl (C=O) groups excluding carboxylic acids is 1. The third-order valence-electron chi connectivity index (χ3n) is 4.10. The van der Waals surface area contributed by atoms with Crippen LogP contribution < -0.4 is 5.32 Å². The number of anilines is 1. The van der Waals surface area contributed by atoms with Gasteiger partial charge in [0.2, 0.25) is 5.91 Å². The maximum atomic E-state index is 12.2. The van der Waals surface area contributed by atoms with Crippen LogP contribution in [-0.2, 0) is 24.1 Å².